The molecule has 0 aliphatic carbocycles. The highest BCUT2D eigenvalue weighted by molar-refractivity contribution is 7.13. The van der Waals surface area contributed by atoms with Crippen LogP contribution in [0.15, 0.2) is 24.0 Å². The molecule has 6 nitrogen and oxygen atoms in total. The van der Waals surface area contributed by atoms with E-state index in [1.54, 1.807) is 17.5 Å². The molecule has 1 aliphatic heterocycles. The molecule has 1 aliphatic rings. The number of rotatable bonds is 4. The zero-order valence-electron chi connectivity index (χ0n) is 12.5. The molecule has 2 aromatic heterocycles. The summed E-state index contributed by atoms with van der Waals surface area (Å²) in [7, 11) is 0. The van der Waals surface area contributed by atoms with E-state index in [-0.39, 0.29) is 5.91 Å². The molecule has 0 spiro atoms. The molecule has 0 saturated carbocycles. The van der Waals surface area contributed by atoms with Crippen molar-refractivity contribution >= 4 is 22.4 Å². The average Bonchev–Trinajstić information content (AvgIpc) is 3.08. The highest BCUT2D eigenvalue weighted by Gasteiger charge is 2.22. The van der Waals surface area contributed by atoms with Crippen LogP contribution >= 0.6 is 11.3 Å². The van der Waals surface area contributed by atoms with Crippen LogP contribution in [0.2, 0.25) is 0 Å². The number of aromatic nitrogens is 3. The largest absolute Gasteiger partial charge is 0.350 e. The van der Waals surface area contributed by atoms with E-state index in [1.165, 1.54) is 6.20 Å². The first-order valence-corrected chi connectivity index (χ1v) is 8.31. The van der Waals surface area contributed by atoms with E-state index in [1.807, 2.05) is 18.5 Å². The molecule has 0 bridgehead atoms. The second-order valence-corrected chi connectivity index (χ2v) is 6.40. The number of amides is 1. The molecule has 22 heavy (non-hydrogen) atoms. The van der Waals surface area contributed by atoms with E-state index in [0.717, 1.165) is 36.8 Å². The number of aryl methyl sites for hydroxylation is 1. The van der Waals surface area contributed by atoms with Crippen LogP contribution in [0.4, 0.5) is 5.13 Å². The van der Waals surface area contributed by atoms with Gasteiger partial charge >= 0.3 is 0 Å². The molecule has 1 amide bonds. The quantitative estimate of drug-likeness (QED) is 0.932. The fraction of sp³-hybridized carbons (Fsp3) is 0.467. The monoisotopic (exact) mass is 317 g/mol. The molecule has 3 rings (SSSR count). The van der Waals surface area contributed by atoms with Crippen LogP contribution in [0.1, 0.15) is 29.0 Å². The number of anilines is 1. The van der Waals surface area contributed by atoms with Gasteiger partial charge in [0.2, 0.25) is 0 Å². The minimum Gasteiger partial charge on any atom is -0.350 e. The number of hydrogen-bond acceptors (Lipinski definition) is 6. The smallest absolute Gasteiger partial charge is 0.271 e. The van der Waals surface area contributed by atoms with Crippen molar-refractivity contribution in [3.8, 4) is 0 Å². The van der Waals surface area contributed by atoms with Crippen LogP contribution in [0.3, 0.4) is 0 Å². The third-order valence-corrected chi connectivity index (χ3v) is 4.61. The van der Waals surface area contributed by atoms with Crippen molar-refractivity contribution in [2.45, 2.75) is 19.8 Å². The number of thiazole rings is 1. The highest BCUT2D eigenvalue weighted by atomic mass is 32.1. The lowest BCUT2D eigenvalue weighted by molar-refractivity contribution is 0.0940. The van der Waals surface area contributed by atoms with Gasteiger partial charge in [-0.3, -0.25) is 9.78 Å². The molecule has 7 heteroatoms. The summed E-state index contributed by atoms with van der Waals surface area (Å²) >= 11 is 1.66. The fourth-order valence-electron chi connectivity index (χ4n) is 2.61. The van der Waals surface area contributed by atoms with E-state index in [2.05, 4.69) is 25.2 Å². The van der Waals surface area contributed by atoms with E-state index in [4.69, 9.17) is 0 Å². The molecular weight excluding hydrogens is 298 g/mol. The van der Waals surface area contributed by atoms with Gasteiger partial charge in [-0.15, -0.1) is 11.3 Å². The standard InChI is InChI=1S/C15H19N5OS/c1-11-7-18-13(9-17-11)14(21)19-8-12-3-2-5-20(10-12)15-16-4-6-22-15/h4,6-7,9,12H,2-3,5,8,10H2,1H3,(H,19,21)/t12-/m1/s1. The van der Waals surface area contributed by atoms with Crippen LogP contribution in [0.25, 0.3) is 0 Å². The normalized spacial score (nSPS) is 18.2. The van der Waals surface area contributed by atoms with Crippen molar-refractivity contribution in [1.82, 2.24) is 20.3 Å². The van der Waals surface area contributed by atoms with Gasteiger partial charge in [-0.2, -0.15) is 0 Å². The minimum atomic E-state index is -0.154. The second kappa shape index (κ2) is 6.83. The molecule has 1 saturated heterocycles. The van der Waals surface area contributed by atoms with Gasteiger partial charge in [0, 0.05) is 37.4 Å². The lowest BCUT2D eigenvalue weighted by atomic mass is 9.98. The van der Waals surface area contributed by atoms with Crippen LogP contribution in [0, 0.1) is 12.8 Å². The SMILES string of the molecule is Cc1cnc(C(=O)NC[C@H]2CCCN(c3nccs3)C2)cn1. The fourth-order valence-corrected chi connectivity index (χ4v) is 3.29. The Morgan fingerprint density at radius 3 is 3.05 bits per heavy atom. The molecular formula is C15H19N5OS. The third-order valence-electron chi connectivity index (χ3n) is 3.77. The van der Waals surface area contributed by atoms with Gasteiger partial charge in [-0.25, -0.2) is 9.97 Å². The Balaban J connectivity index is 1.52. The Kier molecular flexibility index (Phi) is 4.62. The van der Waals surface area contributed by atoms with Crippen LogP contribution < -0.4 is 10.2 Å². The van der Waals surface area contributed by atoms with E-state index in [0.29, 0.717) is 18.2 Å². The average molecular weight is 317 g/mol. The Morgan fingerprint density at radius 1 is 1.41 bits per heavy atom. The Labute approximate surface area is 133 Å². The number of piperidine rings is 1. The van der Waals surface area contributed by atoms with Gasteiger partial charge in [-0.05, 0) is 25.7 Å². The summed E-state index contributed by atoms with van der Waals surface area (Å²) in [5.41, 5.74) is 1.18. The lowest BCUT2D eigenvalue weighted by Crippen LogP contribution is -2.41. The zero-order valence-corrected chi connectivity index (χ0v) is 13.3. The molecule has 3 heterocycles. The van der Waals surface area contributed by atoms with Crippen LogP contribution in [-0.4, -0.2) is 40.5 Å². The van der Waals surface area contributed by atoms with Crippen LogP contribution in [0.5, 0.6) is 0 Å². The Bertz CT molecular complexity index is 613. The molecule has 0 unspecified atom stereocenters. The first kappa shape index (κ1) is 14.9. The summed E-state index contributed by atoms with van der Waals surface area (Å²) in [4.78, 5) is 26.9. The number of carbonyl (C=O) groups is 1. The maximum atomic E-state index is 12.1. The minimum absolute atomic E-state index is 0.154. The van der Waals surface area contributed by atoms with Gasteiger partial charge in [0.15, 0.2) is 5.13 Å². The van der Waals surface area contributed by atoms with Gasteiger partial charge < -0.3 is 10.2 Å². The number of nitrogens with zero attached hydrogens (tertiary/aromatic N) is 4. The predicted octanol–water partition coefficient (Wildman–Crippen LogP) is 1.89. The molecule has 2 aromatic rings. The van der Waals surface area contributed by atoms with Gasteiger partial charge in [0.05, 0.1) is 11.9 Å². The van der Waals surface area contributed by atoms with E-state index < -0.39 is 0 Å². The van der Waals surface area contributed by atoms with Gasteiger partial charge in [0.1, 0.15) is 5.69 Å². The number of carbonyl (C=O) groups excluding carboxylic acids is 1. The molecule has 116 valence electrons. The lowest BCUT2D eigenvalue weighted by Gasteiger charge is -2.32. The maximum Gasteiger partial charge on any atom is 0.271 e. The van der Waals surface area contributed by atoms with Crippen molar-refractivity contribution in [1.29, 1.82) is 0 Å². The summed E-state index contributed by atoms with van der Waals surface area (Å²) in [5.74, 6) is 0.291. The molecule has 1 atom stereocenters. The summed E-state index contributed by atoms with van der Waals surface area (Å²) < 4.78 is 0. The first-order chi connectivity index (χ1) is 10.7. The van der Waals surface area contributed by atoms with Crippen molar-refractivity contribution in [3.63, 3.8) is 0 Å². The van der Waals surface area contributed by atoms with E-state index in [9.17, 15) is 4.79 Å². The summed E-state index contributed by atoms with van der Waals surface area (Å²) in [5, 5.41) is 6.04. The van der Waals surface area contributed by atoms with Crippen molar-refractivity contribution in [2.75, 3.05) is 24.5 Å². The maximum absolute atomic E-state index is 12.1. The molecule has 1 N–H and O–H groups in total. The zero-order chi connectivity index (χ0) is 15.4. The molecule has 0 radical (unpaired) electrons. The number of nitrogens with one attached hydrogen (secondary N) is 1. The first-order valence-electron chi connectivity index (χ1n) is 7.43. The van der Waals surface area contributed by atoms with Crippen molar-refractivity contribution in [3.05, 3.63) is 35.4 Å². The van der Waals surface area contributed by atoms with E-state index >= 15 is 0 Å². The highest BCUT2D eigenvalue weighted by Crippen LogP contribution is 2.24. The molecule has 1 fully saturated rings. The Morgan fingerprint density at radius 2 is 2.32 bits per heavy atom. The van der Waals surface area contributed by atoms with Gasteiger partial charge in [0.25, 0.3) is 5.91 Å². The van der Waals surface area contributed by atoms with Crippen molar-refractivity contribution < 1.29 is 4.79 Å². The third kappa shape index (κ3) is 3.59. The summed E-state index contributed by atoms with van der Waals surface area (Å²) in [6, 6.07) is 0. The summed E-state index contributed by atoms with van der Waals surface area (Å²) in [6.07, 6.45) is 7.22. The molecule has 0 aromatic carbocycles. The summed E-state index contributed by atoms with van der Waals surface area (Å²) in [6.45, 7) is 4.49. The van der Waals surface area contributed by atoms with Gasteiger partial charge in [-0.1, -0.05) is 0 Å². The topological polar surface area (TPSA) is 71.0 Å². The van der Waals surface area contributed by atoms with Crippen molar-refractivity contribution in [2.24, 2.45) is 5.92 Å². The second-order valence-electron chi connectivity index (χ2n) is 5.52. The van der Waals surface area contributed by atoms with Crippen LogP contribution in [-0.2, 0) is 0 Å². The predicted molar refractivity (Wildman–Crippen MR) is 86.2 cm³/mol. The number of hydrogen-bond donors (Lipinski definition) is 1. The Hall–Kier alpha value is -2.02.